The van der Waals surface area contributed by atoms with E-state index in [2.05, 4.69) is 34.1 Å². The first-order valence-corrected chi connectivity index (χ1v) is 6.84. The number of para-hydroxylation sites is 1. The van der Waals surface area contributed by atoms with Crippen LogP contribution in [-0.4, -0.2) is 48.0 Å². The summed E-state index contributed by atoms with van der Waals surface area (Å²) in [5, 5.41) is 0. The summed E-state index contributed by atoms with van der Waals surface area (Å²) in [5.41, 5.74) is 3.65. The average Bonchev–Trinajstić information content (AvgIpc) is 2.46. The van der Waals surface area contributed by atoms with E-state index in [1.54, 1.807) is 0 Å². The van der Waals surface area contributed by atoms with Crippen molar-refractivity contribution >= 4 is 11.6 Å². The maximum atomic E-state index is 5.63. The van der Waals surface area contributed by atoms with Crippen LogP contribution in [0.15, 0.2) is 35.3 Å². The highest BCUT2D eigenvalue weighted by Crippen LogP contribution is 2.13. The molecule has 0 aromatic heterocycles. The zero-order valence-electron chi connectivity index (χ0n) is 11.7. The lowest BCUT2D eigenvalue weighted by molar-refractivity contribution is 0.127. The van der Waals surface area contributed by atoms with Crippen LogP contribution in [0.4, 0.5) is 5.69 Å². The van der Waals surface area contributed by atoms with Gasteiger partial charge in [-0.25, -0.2) is 10.8 Å². The van der Waals surface area contributed by atoms with Crippen LogP contribution in [0, 0.1) is 0 Å². The normalized spacial score (nSPS) is 21.5. The maximum absolute atomic E-state index is 5.63. The molecule has 0 spiro atoms. The van der Waals surface area contributed by atoms with Gasteiger partial charge in [-0.3, -0.25) is 10.3 Å². The van der Waals surface area contributed by atoms with E-state index in [9.17, 15) is 0 Å². The van der Waals surface area contributed by atoms with Gasteiger partial charge in [-0.05, 0) is 25.6 Å². The van der Waals surface area contributed by atoms with E-state index in [0.29, 0.717) is 6.04 Å². The molecule has 1 aromatic rings. The molecule has 2 rings (SSSR count). The SMILES string of the molecule is CCN1CCN(C(=Nc2ccccc2)NN)CC1C. The molecule has 1 aliphatic rings. The quantitative estimate of drug-likeness (QED) is 0.363. The Morgan fingerprint density at radius 3 is 2.68 bits per heavy atom. The van der Waals surface area contributed by atoms with E-state index < -0.39 is 0 Å². The Morgan fingerprint density at radius 1 is 1.37 bits per heavy atom. The van der Waals surface area contributed by atoms with Crippen molar-refractivity contribution in [2.75, 3.05) is 26.2 Å². The summed E-state index contributed by atoms with van der Waals surface area (Å²) >= 11 is 0. The van der Waals surface area contributed by atoms with Gasteiger partial charge in [0.25, 0.3) is 0 Å². The molecule has 1 saturated heterocycles. The molecule has 19 heavy (non-hydrogen) atoms. The van der Waals surface area contributed by atoms with E-state index in [1.807, 2.05) is 30.3 Å². The van der Waals surface area contributed by atoms with Crippen molar-refractivity contribution < 1.29 is 0 Å². The van der Waals surface area contributed by atoms with Crippen LogP contribution in [0.3, 0.4) is 0 Å². The van der Waals surface area contributed by atoms with E-state index in [4.69, 9.17) is 5.84 Å². The molecule has 0 aliphatic carbocycles. The number of hydrogen-bond donors (Lipinski definition) is 2. The number of hydrazine groups is 1. The Morgan fingerprint density at radius 2 is 2.11 bits per heavy atom. The first-order valence-electron chi connectivity index (χ1n) is 6.84. The van der Waals surface area contributed by atoms with Crippen LogP contribution in [0.25, 0.3) is 0 Å². The molecule has 5 nitrogen and oxygen atoms in total. The Kier molecular flexibility index (Phi) is 4.76. The van der Waals surface area contributed by atoms with Crippen LogP contribution in [0.1, 0.15) is 13.8 Å². The number of nitrogens with two attached hydrogens (primary N) is 1. The molecule has 1 fully saturated rings. The van der Waals surface area contributed by atoms with Crippen LogP contribution in [0.2, 0.25) is 0 Å². The Labute approximate surface area is 115 Å². The summed E-state index contributed by atoms with van der Waals surface area (Å²) in [6.45, 7) is 8.49. The Bertz CT molecular complexity index is 417. The van der Waals surface area contributed by atoms with Crippen molar-refractivity contribution in [2.45, 2.75) is 19.9 Å². The van der Waals surface area contributed by atoms with Crippen LogP contribution in [-0.2, 0) is 0 Å². The highest BCUT2D eigenvalue weighted by atomic mass is 15.4. The summed E-state index contributed by atoms with van der Waals surface area (Å²) in [7, 11) is 0. The number of rotatable bonds is 2. The predicted molar refractivity (Wildman–Crippen MR) is 79.1 cm³/mol. The van der Waals surface area contributed by atoms with Gasteiger partial charge in [0.2, 0.25) is 5.96 Å². The molecule has 1 heterocycles. The zero-order valence-corrected chi connectivity index (χ0v) is 11.7. The number of nitrogens with one attached hydrogen (secondary N) is 1. The van der Waals surface area contributed by atoms with Gasteiger partial charge in [-0.2, -0.15) is 0 Å². The summed E-state index contributed by atoms with van der Waals surface area (Å²) in [6, 6.07) is 10.4. The van der Waals surface area contributed by atoms with Gasteiger partial charge in [-0.1, -0.05) is 25.1 Å². The lowest BCUT2D eigenvalue weighted by atomic mass is 10.2. The second-order valence-corrected chi connectivity index (χ2v) is 4.84. The first kappa shape index (κ1) is 13.8. The molecule has 1 atom stereocenters. The number of piperazine rings is 1. The molecular weight excluding hydrogens is 238 g/mol. The lowest BCUT2D eigenvalue weighted by Crippen LogP contribution is -2.57. The van der Waals surface area contributed by atoms with Crippen LogP contribution >= 0.6 is 0 Å². The highest BCUT2D eigenvalue weighted by molar-refractivity contribution is 5.82. The van der Waals surface area contributed by atoms with Crippen molar-refractivity contribution in [1.82, 2.24) is 15.2 Å². The van der Waals surface area contributed by atoms with Gasteiger partial charge in [0.1, 0.15) is 0 Å². The summed E-state index contributed by atoms with van der Waals surface area (Å²) in [6.07, 6.45) is 0. The van der Waals surface area contributed by atoms with Crippen LogP contribution in [0.5, 0.6) is 0 Å². The molecular formula is C14H23N5. The van der Waals surface area contributed by atoms with Crippen molar-refractivity contribution in [3.05, 3.63) is 30.3 Å². The Balaban J connectivity index is 2.09. The topological polar surface area (TPSA) is 56.9 Å². The number of benzene rings is 1. The van der Waals surface area contributed by atoms with Crippen molar-refractivity contribution in [1.29, 1.82) is 0 Å². The zero-order chi connectivity index (χ0) is 13.7. The number of hydrogen-bond acceptors (Lipinski definition) is 3. The minimum atomic E-state index is 0.521. The fraction of sp³-hybridized carbons (Fsp3) is 0.500. The molecule has 1 aliphatic heterocycles. The largest absolute Gasteiger partial charge is 0.339 e. The van der Waals surface area contributed by atoms with Gasteiger partial charge >= 0.3 is 0 Å². The lowest BCUT2D eigenvalue weighted by Gasteiger charge is -2.40. The average molecular weight is 261 g/mol. The summed E-state index contributed by atoms with van der Waals surface area (Å²) in [5.74, 6) is 6.37. The van der Waals surface area contributed by atoms with E-state index in [-0.39, 0.29) is 0 Å². The second-order valence-electron chi connectivity index (χ2n) is 4.84. The fourth-order valence-electron chi connectivity index (χ4n) is 2.48. The molecule has 104 valence electrons. The van der Waals surface area contributed by atoms with E-state index in [1.165, 1.54) is 0 Å². The molecule has 0 amide bonds. The number of aliphatic imine (C=N–C) groups is 1. The number of guanidine groups is 1. The Hall–Kier alpha value is -1.59. The van der Waals surface area contributed by atoms with Crippen molar-refractivity contribution in [2.24, 2.45) is 10.8 Å². The van der Waals surface area contributed by atoms with Crippen LogP contribution < -0.4 is 11.3 Å². The molecule has 0 saturated carbocycles. The third-order valence-electron chi connectivity index (χ3n) is 3.59. The molecule has 5 heteroatoms. The van der Waals surface area contributed by atoms with E-state index >= 15 is 0 Å². The molecule has 1 aromatic carbocycles. The first-order chi connectivity index (χ1) is 9.24. The van der Waals surface area contributed by atoms with Gasteiger partial charge in [0.15, 0.2) is 0 Å². The highest BCUT2D eigenvalue weighted by Gasteiger charge is 2.24. The molecule has 3 N–H and O–H groups in total. The molecule has 0 radical (unpaired) electrons. The number of nitrogens with zero attached hydrogens (tertiary/aromatic N) is 3. The van der Waals surface area contributed by atoms with Crippen molar-refractivity contribution in [3.8, 4) is 0 Å². The minimum Gasteiger partial charge on any atom is -0.339 e. The van der Waals surface area contributed by atoms with Crippen molar-refractivity contribution in [3.63, 3.8) is 0 Å². The molecule has 1 unspecified atom stereocenters. The standard InChI is InChI=1S/C14H23N5/c1-3-18-9-10-19(11-12(18)2)14(17-15)16-13-7-5-4-6-8-13/h4-8,12H,3,9-11,15H2,1-2H3,(H,16,17). The van der Waals surface area contributed by atoms with Gasteiger partial charge in [-0.15, -0.1) is 0 Å². The fourth-order valence-corrected chi connectivity index (χ4v) is 2.48. The molecule has 0 bridgehead atoms. The van der Waals surface area contributed by atoms with E-state index in [0.717, 1.165) is 37.8 Å². The minimum absolute atomic E-state index is 0.521. The monoisotopic (exact) mass is 261 g/mol. The van der Waals surface area contributed by atoms with Gasteiger partial charge in [0.05, 0.1) is 5.69 Å². The third kappa shape index (κ3) is 3.45. The second kappa shape index (κ2) is 6.54. The summed E-state index contributed by atoms with van der Waals surface area (Å²) in [4.78, 5) is 9.25. The van der Waals surface area contributed by atoms with Gasteiger partial charge < -0.3 is 4.90 Å². The third-order valence-corrected chi connectivity index (χ3v) is 3.59. The number of likely N-dealkylation sites (N-methyl/N-ethyl adjacent to an activating group) is 1. The predicted octanol–water partition coefficient (Wildman–Crippen LogP) is 1.16. The van der Waals surface area contributed by atoms with Gasteiger partial charge in [0, 0.05) is 25.7 Å². The maximum Gasteiger partial charge on any atom is 0.213 e. The smallest absolute Gasteiger partial charge is 0.213 e. The summed E-state index contributed by atoms with van der Waals surface area (Å²) < 4.78 is 0.